The summed E-state index contributed by atoms with van der Waals surface area (Å²) in [6.45, 7) is 2.18. The summed E-state index contributed by atoms with van der Waals surface area (Å²) in [5, 5.41) is 8.44. The van der Waals surface area contributed by atoms with Gasteiger partial charge in [-0.2, -0.15) is 4.37 Å². The van der Waals surface area contributed by atoms with Crippen LogP contribution in [0.2, 0.25) is 5.02 Å². The molecule has 0 saturated carbocycles. The van der Waals surface area contributed by atoms with Gasteiger partial charge in [-0.3, -0.25) is 4.79 Å². The molecule has 2 heterocycles. The highest BCUT2D eigenvalue weighted by molar-refractivity contribution is 7.09. The molecule has 0 saturated heterocycles. The van der Waals surface area contributed by atoms with Crippen LogP contribution in [0.25, 0.3) is 11.0 Å². The SMILES string of the molecule is CCOC(=O)c1snc2c(=O)n(Cc3ccc(Cl)cc3)nnc12. The Morgan fingerprint density at radius 1 is 1.30 bits per heavy atom. The number of rotatable bonds is 4. The Bertz CT molecular complexity index is 920. The molecule has 0 N–H and O–H groups in total. The van der Waals surface area contributed by atoms with Crippen LogP contribution in [-0.2, 0) is 11.3 Å². The van der Waals surface area contributed by atoms with E-state index in [0.717, 1.165) is 17.1 Å². The summed E-state index contributed by atoms with van der Waals surface area (Å²) in [5.74, 6) is -0.552. The fraction of sp³-hybridized carbons (Fsp3) is 0.214. The number of hydrogen-bond acceptors (Lipinski definition) is 7. The first kappa shape index (κ1) is 15.6. The lowest BCUT2D eigenvalue weighted by Gasteiger charge is -2.03. The molecule has 0 spiro atoms. The summed E-state index contributed by atoms with van der Waals surface area (Å²) in [6, 6.07) is 7.06. The van der Waals surface area contributed by atoms with Gasteiger partial charge in [-0.1, -0.05) is 28.9 Å². The highest BCUT2D eigenvalue weighted by Crippen LogP contribution is 2.18. The minimum absolute atomic E-state index is 0.113. The average molecular weight is 351 g/mol. The number of nitrogens with zero attached hydrogens (tertiary/aromatic N) is 4. The minimum atomic E-state index is -0.552. The van der Waals surface area contributed by atoms with Crippen LogP contribution in [0.3, 0.4) is 0 Å². The molecule has 9 heteroatoms. The second-order valence-corrected chi connectivity index (χ2v) is 5.82. The Morgan fingerprint density at radius 2 is 2.04 bits per heavy atom. The van der Waals surface area contributed by atoms with Crippen molar-refractivity contribution in [1.29, 1.82) is 0 Å². The van der Waals surface area contributed by atoms with Crippen molar-refractivity contribution < 1.29 is 9.53 Å². The van der Waals surface area contributed by atoms with Gasteiger partial charge in [-0.15, -0.1) is 5.10 Å². The normalized spacial score (nSPS) is 10.9. The van der Waals surface area contributed by atoms with Crippen LogP contribution in [0, 0.1) is 0 Å². The van der Waals surface area contributed by atoms with Crippen LogP contribution in [0.1, 0.15) is 22.2 Å². The first-order valence-electron chi connectivity index (χ1n) is 6.75. The maximum atomic E-state index is 12.4. The molecule has 3 aromatic rings. The molecular weight excluding hydrogens is 340 g/mol. The predicted octanol–water partition coefficient (Wildman–Crippen LogP) is 2.13. The number of benzene rings is 1. The minimum Gasteiger partial charge on any atom is -0.462 e. The average Bonchev–Trinajstić information content (AvgIpc) is 2.97. The zero-order valence-electron chi connectivity index (χ0n) is 12.0. The zero-order valence-corrected chi connectivity index (χ0v) is 13.6. The van der Waals surface area contributed by atoms with Crippen LogP contribution in [0.4, 0.5) is 0 Å². The van der Waals surface area contributed by atoms with Gasteiger partial charge < -0.3 is 4.74 Å². The number of esters is 1. The van der Waals surface area contributed by atoms with Gasteiger partial charge in [0.15, 0.2) is 10.4 Å². The van der Waals surface area contributed by atoms with Gasteiger partial charge in [0, 0.05) is 5.02 Å². The topological polar surface area (TPSA) is 87.0 Å². The molecule has 0 aliphatic carbocycles. The second kappa shape index (κ2) is 6.43. The third-order valence-electron chi connectivity index (χ3n) is 3.06. The van der Waals surface area contributed by atoms with E-state index in [1.165, 1.54) is 4.68 Å². The Balaban J connectivity index is 1.98. The van der Waals surface area contributed by atoms with Crippen molar-refractivity contribution >= 4 is 40.1 Å². The maximum Gasteiger partial charge on any atom is 0.352 e. The lowest BCUT2D eigenvalue weighted by atomic mass is 10.2. The molecule has 3 rings (SSSR count). The molecule has 0 radical (unpaired) electrons. The molecule has 0 amide bonds. The number of halogens is 1. The Labute approximate surface area is 139 Å². The smallest absolute Gasteiger partial charge is 0.352 e. The molecule has 118 valence electrons. The zero-order chi connectivity index (χ0) is 16.4. The van der Waals surface area contributed by atoms with Crippen LogP contribution in [-0.4, -0.2) is 31.9 Å². The molecule has 0 fully saturated rings. The van der Waals surface area contributed by atoms with E-state index >= 15 is 0 Å². The van der Waals surface area contributed by atoms with Crippen molar-refractivity contribution in [2.45, 2.75) is 13.5 Å². The number of carbonyl (C=O) groups excluding carboxylic acids is 1. The van der Waals surface area contributed by atoms with Crippen molar-refractivity contribution in [2.24, 2.45) is 0 Å². The van der Waals surface area contributed by atoms with Gasteiger partial charge in [0.1, 0.15) is 5.52 Å². The molecule has 0 aliphatic heterocycles. The maximum absolute atomic E-state index is 12.4. The summed E-state index contributed by atoms with van der Waals surface area (Å²) in [4.78, 5) is 24.4. The predicted molar refractivity (Wildman–Crippen MR) is 86.0 cm³/mol. The second-order valence-electron chi connectivity index (χ2n) is 4.61. The van der Waals surface area contributed by atoms with Gasteiger partial charge in [0.25, 0.3) is 5.56 Å². The number of hydrogen-bond donors (Lipinski definition) is 0. The van der Waals surface area contributed by atoms with Gasteiger partial charge in [0.2, 0.25) is 0 Å². The van der Waals surface area contributed by atoms with E-state index in [0.29, 0.717) is 5.02 Å². The van der Waals surface area contributed by atoms with E-state index in [-0.39, 0.29) is 29.1 Å². The molecule has 0 aliphatic rings. The first-order chi connectivity index (χ1) is 11.1. The van der Waals surface area contributed by atoms with Crippen LogP contribution >= 0.6 is 23.1 Å². The first-order valence-corrected chi connectivity index (χ1v) is 7.90. The van der Waals surface area contributed by atoms with Crippen LogP contribution < -0.4 is 5.56 Å². The molecule has 0 unspecified atom stereocenters. The third kappa shape index (κ3) is 3.08. The Morgan fingerprint density at radius 3 is 2.74 bits per heavy atom. The lowest BCUT2D eigenvalue weighted by molar-refractivity contribution is 0.0534. The van der Waals surface area contributed by atoms with Gasteiger partial charge >= 0.3 is 5.97 Å². The van der Waals surface area contributed by atoms with E-state index in [9.17, 15) is 9.59 Å². The standard InChI is InChI=1S/C14H11ClN4O3S/c1-2-22-14(21)12-10-11(17-23-12)13(20)19(18-16-10)7-8-3-5-9(15)6-4-8/h3-6H,2,7H2,1H3. The van der Waals surface area contributed by atoms with Crippen LogP contribution in [0.15, 0.2) is 29.1 Å². The van der Waals surface area contributed by atoms with Crippen molar-refractivity contribution in [3.05, 3.63) is 50.1 Å². The molecule has 2 aromatic heterocycles. The van der Waals surface area contributed by atoms with E-state index in [1.54, 1.807) is 31.2 Å². The summed E-state index contributed by atoms with van der Waals surface area (Å²) >= 11 is 6.72. The summed E-state index contributed by atoms with van der Waals surface area (Å²) < 4.78 is 10.1. The van der Waals surface area contributed by atoms with Gasteiger partial charge in [-0.05, 0) is 36.2 Å². The van der Waals surface area contributed by atoms with E-state index < -0.39 is 11.5 Å². The summed E-state index contributed by atoms with van der Waals surface area (Å²) in [5.41, 5.74) is 0.732. The quantitative estimate of drug-likeness (QED) is 0.670. The van der Waals surface area contributed by atoms with Crippen molar-refractivity contribution in [3.63, 3.8) is 0 Å². The Kier molecular flexibility index (Phi) is 4.35. The molecule has 1 aromatic carbocycles. The van der Waals surface area contributed by atoms with Crippen molar-refractivity contribution in [2.75, 3.05) is 6.61 Å². The third-order valence-corrected chi connectivity index (χ3v) is 4.13. The summed E-state index contributed by atoms with van der Waals surface area (Å²) in [6.07, 6.45) is 0. The van der Waals surface area contributed by atoms with Gasteiger partial charge in [0.05, 0.1) is 13.2 Å². The fourth-order valence-corrected chi connectivity index (χ4v) is 2.81. The van der Waals surface area contributed by atoms with E-state index in [4.69, 9.17) is 16.3 Å². The van der Waals surface area contributed by atoms with Crippen molar-refractivity contribution in [1.82, 2.24) is 19.4 Å². The molecule has 0 bridgehead atoms. The number of carbonyl (C=O) groups is 1. The Hall–Kier alpha value is -2.32. The molecule has 23 heavy (non-hydrogen) atoms. The van der Waals surface area contributed by atoms with E-state index in [2.05, 4.69) is 14.7 Å². The number of ether oxygens (including phenoxy) is 1. The molecule has 7 nitrogen and oxygen atoms in total. The van der Waals surface area contributed by atoms with Crippen molar-refractivity contribution in [3.8, 4) is 0 Å². The van der Waals surface area contributed by atoms with Crippen LogP contribution in [0.5, 0.6) is 0 Å². The van der Waals surface area contributed by atoms with Gasteiger partial charge in [-0.25, -0.2) is 9.48 Å². The number of aromatic nitrogens is 4. The fourth-order valence-electron chi connectivity index (χ4n) is 1.98. The highest BCUT2D eigenvalue weighted by Gasteiger charge is 2.20. The number of fused-ring (bicyclic) bond motifs is 1. The highest BCUT2D eigenvalue weighted by atomic mass is 35.5. The monoisotopic (exact) mass is 350 g/mol. The summed E-state index contributed by atoms with van der Waals surface area (Å²) in [7, 11) is 0. The van der Waals surface area contributed by atoms with E-state index in [1.807, 2.05) is 0 Å². The largest absolute Gasteiger partial charge is 0.462 e. The lowest BCUT2D eigenvalue weighted by Crippen LogP contribution is -2.25. The molecule has 0 atom stereocenters. The molecular formula is C14H11ClN4O3S.